The van der Waals surface area contributed by atoms with Crippen LogP contribution < -0.4 is 5.56 Å². The predicted octanol–water partition coefficient (Wildman–Crippen LogP) is 4.50. The fraction of sp³-hybridized carbons (Fsp3) is 0.105. The maximum absolute atomic E-state index is 13.9. The first-order valence-corrected chi connectivity index (χ1v) is 9.50. The van der Waals surface area contributed by atoms with Crippen molar-refractivity contribution in [3.63, 3.8) is 0 Å². The molecule has 8 heteroatoms. The van der Waals surface area contributed by atoms with Gasteiger partial charge in [-0.05, 0) is 31.2 Å². The Kier molecular flexibility index (Phi) is 4.72. The fourth-order valence-electron chi connectivity index (χ4n) is 2.65. The topological polar surface area (TPSA) is 63.6 Å². The summed E-state index contributed by atoms with van der Waals surface area (Å²) in [5, 5.41) is 5.40. The van der Waals surface area contributed by atoms with Gasteiger partial charge in [0.25, 0.3) is 5.56 Å². The summed E-state index contributed by atoms with van der Waals surface area (Å²) in [5.41, 5.74) is 2.46. The number of halogens is 2. The lowest BCUT2D eigenvalue weighted by Gasteiger charge is -2.06. The van der Waals surface area contributed by atoms with Crippen LogP contribution in [0.4, 0.5) is 4.39 Å². The van der Waals surface area contributed by atoms with Gasteiger partial charge in [-0.3, -0.25) is 4.79 Å². The van der Waals surface area contributed by atoms with E-state index in [1.165, 1.54) is 24.0 Å². The largest absolute Gasteiger partial charge is 0.301 e. The first kappa shape index (κ1) is 17.8. The average molecular weight is 401 g/mol. The van der Waals surface area contributed by atoms with Crippen molar-refractivity contribution in [2.45, 2.75) is 17.8 Å². The van der Waals surface area contributed by atoms with Gasteiger partial charge < -0.3 is 4.98 Å². The van der Waals surface area contributed by atoms with Crippen LogP contribution in [-0.2, 0) is 5.75 Å². The number of thioether (sulfide) groups is 1. The molecule has 0 spiro atoms. The highest BCUT2D eigenvalue weighted by atomic mass is 35.5. The van der Waals surface area contributed by atoms with Crippen LogP contribution in [0.15, 0.2) is 58.6 Å². The number of aryl methyl sites for hydroxylation is 1. The Balaban J connectivity index is 1.71. The summed E-state index contributed by atoms with van der Waals surface area (Å²) in [6, 6.07) is 12.3. The quantitative estimate of drug-likeness (QED) is 0.404. The lowest BCUT2D eigenvalue weighted by atomic mass is 10.2. The van der Waals surface area contributed by atoms with E-state index in [2.05, 4.69) is 15.1 Å². The Morgan fingerprint density at radius 3 is 2.74 bits per heavy atom. The first-order valence-electron chi connectivity index (χ1n) is 8.14. The highest BCUT2D eigenvalue weighted by Gasteiger charge is 2.13. The zero-order chi connectivity index (χ0) is 19.0. The molecule has 1 N–H and O–H groups in total. The number of aromatic amines is 1. The third-order valence-corrected chi connectivity index (χ3v) is 5.36. The van der Waals surface area contributed by atoms with Gasteiger partial charge in [-0.25, -0.2) is 14.1 Å². The third-order valence-electron chi connectivity index (χ3n) is 4.11. The maximum Gasteiger partial charge on any atom is 0.262 e. The fourth-order valence-corrected chi connectivity index (χ4v) is 3.85. The van der Waals surface area contributed by atoms with Crippen LogP contribution in [0.5, 0.6) is 0 Å². The number of fused-ring (bicyclic) bond motifs is 1. The van der Waals surface area contributed by atoms with Gasteiger partial charge in [0.15, 0.2) is 10.8 Å². The monoisotopic (exact) mass is 400 g/mol. The standard InChI is InChI=1S/C19H14ClFN4OS/c1-11-5-7-12(8-6-11)25-17-13(9-22-25)18(26)24-19(23-17)27-10-14-15(20)3-2-4-16(14)21/h2-9H,10H2,1H3,(H,23,24,26). The van der Waals surface area contributed by atoms with Gasteiger partial charge in [-0.1, -0.05) is 47.1 Å². The van der Waals surface area contributed by atoms with Gasteiger partial charge in [0.1, 0.15) is 11.2 Å². The molecule has 136 valence electrons. The molecule has 2 aromatic carbocycles. The number of nitrogens with zero attached hydrogens (tertiary/aromatic N) is 3. The minimum atomic E-state index is -0.386. The summed E-state index contributed by atoms with van der Waals surface area (Å²) in [6.45, 7) is 2.00. The summed E-state index contributed by atoms with van der Waals surface area (Å²) in [5.74, 6) is -0.137. The minimum Gasteiger partial charge on any atom is -0.301 e. The van der Waals surface area contributed by atoms with Crippen molar-refractivity contribution in [1.29, 1.82) is 0 Å². The van der Waals surface area contributed by atoms with Crippen molar-refractivity contribution in [3.8, 4) is 5.69 Å². The zero-order valence-corrected chi connectivity index (χ0v) is 15.8. The zero-order valence-electron chi connectivity index (χ0n) is 14.2. The molecule has 5 nitrogen and oxygen atoms in total. The van der Waals surface area contributed by atoms with E-state index in [-0.39, 0.29) is 17.1 Å². The highest BCUT2D eigenvalue weighted by Crippen LogP contribution is 2.27. The molecule has 0 saturated carbocycles. The van der Waals surface area contributed by atoms with Gasteiger partial charge in [0, 0.05) is 16.3 Å². The molecule has 27 heavy (non-hydrogen) atoms. The molecule has 4 aromatic rings. The second-order valence-corrected chi connectivity index (χ2v) is 7.36. The molecule has 2 heterocycles. The Labute approximate surface area is 163 Å². The maximum atomic E-state index is 13.9. The van der Waals surface area contributed by atoms with Crippen molar-refractivity contribution >= 4 is 34.4 Å². The molecule has 2 aromatic heterocycles. The molecule has 4 rings (SSSR count). The van der Waals surface area contributed by atoms with E-state index < -0.39 is 0 Å². The molecular weight excluding hydrogens is 387 g/mol. The average Bonchev–Trinajstić information content (AvgIpc) is 3.06. The molecule has 0 aliphatic rings. The van der Waals surface area contributed by atoms with Crippen molar-refractivity contribution in [2.75, 3.05) is 0 Å². The summed E-state index contributed by atoms with van der Waals surface area (Å²) in [6.07, 6.45) is 1.49. The SMILES string of the molecule is Cc1ccc(-n2ncc3c(=O)[nH]c(SCc4c(F)cccc4Cl)nc32)cc1. The van der Waals surface area contributed by atoms with Crippen LogP contribution in [0.1, 0.15) is 11.1 Å². The smallest absolute Gasteiger partial charge is 0.262 e. The summed E-state index contributed by atoms with van der Waals surface area (Å²) >= 11 is 7.27. The number of rotatable bonds is 4. The molecule has 0 unspecified atom stereocenters. The van der Waals surface area contributed by atoms with Gasteiger partial charge >= 0.3 is 0 Å². The summed E-state index contributed by atoms with van der Waals surface area (Å²) < 4.78 is 15.6. The van der Waals surface area contributed by atoms with Gasteiger partial charge in [0.05, 0.1) is 11.9 Å². The molecular formula is C19H14ClFN4OS. The van der Waals surface area contributed by atoms with Gasteiger partial charge in [0.2, 0.25) is 0 Å². The third kappa shape index (κ3) is 3.48. The van der Waals surface area contributed by atoms with E-state index in [4.69, 9.17) is 11.6 Å². The van der Waals surface area contributed by atoms with E-state index in [1.54, 1.807) is 16.8 Å². The van der Waals surface area contributed by atoms with E-state index in [1.807, 2.05) is 31.2 Å². The first-order chi connectivity index (χ1) is 13.0. The Bertz CT molecular complexity index is 1170. The van der Waals surface area contributed by atoms with Crippen molar-refractivity contribution in [3.05, 3.63) is 81.0 Å². The van der Waals surface area contributed by atoms with E-state index in [0.717, 1.165) is 11.3 Å². The molecule has 0 amide bonds. The van der Waals surface area contributed by atoms with Crippen LogP contribution in [0.2, 0.25) is 5.02 Å². The van der Waals surface area contributed by atoms with Crippen molar-refractivity contribution in [1.82, 2.24) is 19.7 Å². The van der Waals surface area contributed by atoms with Crippen LogP contribution in [0.25, 0.3) is 16.7 Å². The van der Waals surface area contributed by atoms with Crippen LogP contribution in [-0.4, -0.2) is 19.7 Å². The molecule has 0 aliphatic heterocycles. The van der Waals surface area contributed by atoms with Gasteiger partial charge in [-0.15, -0.1) is 0 Å². The number of benzene rings is 2. The minimum absolute atomic E-state index is 0.249. The van der Waals surface area contributed by atoms with Crippen molar-refractivity contribution in [2.24, 2.45) is 0 Å². The molecule has 0 atom stereocenters. The molecule has 0 aliphatic carbocycles. The van der Waals surface area contributed by atoms with E-state index >= 15 is 0 Å². The predicted molar refractivity (Wildman–Crippen MR) is 105 cm³/mol. The number of H-pyrrole nitrogens is 1. The molecule has 0 radical (unpaired) electrons. The lowest BCUT2D eigenvalue weighted by Crippen LogP contribution is -2.10. The van der Waals surface area contributed by atoms with Crippen LogP contribution >= 0.6 is 23.4 Å². The summed E-state index contributed by atoms with van der Waals surface area (Å²) in [4.78, 5) is 19.6. The molecule has 0 fully saturated rings. The Morgan fingerprint density at radius 1 is 1.22 bits per heavy atom. The van der Waals surface area contributed by atoms with Crippen LogP contribution in [0, 0.1) is 12.7 Å². The lowest BCUT2D eigenvalue weighted by molar-refractivity contribution is 0.617. The number of hydrogen-bond donors (Lipinski definition) is 1. The second-order valence-electron chi connectivity index (χ2n) is 5.99. The van der Waals surface area contributed by atoms with Crippen molar-refractivity contribution < 1.29 is 4.39 Å². The second kappa shape index (κ2) is 7.17. The van der Waals surface area contributed by atoms with Crippen LogP contribution in [0.3, 0.4) is 0 Å². The van der Waals surface area contributed by atoms with E-state index in [0.29, 0.717) is 26.8 Å². The Hall–Kier alpha value is -2.64. The number of hydrogen-bond acceptors (Lipinski definition) is 4. The molecule has 0 saturated heterocycles. The summed E-state index contributed by atoms with van der Waals surface area (Å²) in [7, 11) is 0. The molecule has 0 bridgehead atoms. The normalized spacial score (nSPS) is 11.2. The van der Waals surface area contributed by atoms with E-state index in [9.17, 15) is 9.18 Å². The van der Waals surface area contributed by atoms with Gasteiger partial charge in [-0.2, -0.15) is 5.10 Å². The highest BCUT2D eigenvalue weighted by molar-refractivity contribution is 7.98. The number of aromatic nitrogens is 4. The Morgan fingerprint density at radius 2 is 2.00 bits per heavy atom. The number of nitrogens with one attached hydrogen (secondary N) is 1.